The Morgan fingerprint density at radius 2 is 1.79 bits per heavy atom. The summed E-state index contributed by atoms with van der Waals surface area (Å²) >= 11 is 0. The Kier molecular flexibility index (Phi) is 7.76. The summed E-state index contributed by atoms with van der Waals surface area (Å²) in [6, 6.07) is 15.8. The molecule has 12 heteroatoms. The molecule has 2 amide bonds. The van der Waals surface area contributed by atoms with E-state index >= 15 is 0 Å². The second-order valence-corrected chi connectivity index (χ2v) is 9.53. The highest BCUT2D eigenvalue weighted by molar-refractivity contribution is 6.02. The van der Waals surface area contributed by atoms with Crippen molar-refractivity contribution in [1.29, 1.82) is 0 Å². The van der Waals surface area contributed by atoms with Crippen LogP contribution in [0, 0.1) is 12.3 Å². The van der Waals surface area contributed by atoms with E-state index in [-0.39, 0.29) is 39.6 Å². The fraction of sp³-hybridized carbons (Fsp3) is 0.161. The highest BCUT2D eigenvalue weighted by Crippen LogP contribution is 2.37. The molecule has 0 bridgehead atoms. The average Bonchev–Trinajstić information content (AvgIpc) is 3.44. The number of nitrogens with two attached hydrogens (primary N) is 1. The Hall–Kier alpha value is -5.41. The summed E-state index contributed by atoms with van der Waals surface area (Å²) in [4.78, 5) is 34.2. The van der Waals surface area contributed by atoms with E-state index in [1.54, 1.807) is 12.1 Å². The number of pyridine rings is 1. The summed E-state index contributed by atoms with van der Waals surface area (Å²) in [7, 11) is 1.30. The lowest BCUT2D eigenvalue weighted by atomic mass is 10.1. The molecule has 5 rings (SSSR count). The standard InChI is InChI=1S/C31H24F3N5O4/c1-4-22(35)27-26(29(41)36-16(2)28(40)37-19-10-9-17-7-5-6-8-18(17)15-19)39-30(43-27)21-11-13-23(42-3)25-20(21)12-14-24(38-25)31(32,33)34/h1,5-16,22H,35H2,2-3H3,(H,36,41)(H,37,40)/t16-,22+/m1/s1. The zero-order chi connectivity index (χ0) is 30.9. The van der Waals surface area contributed by atoms with Crippen molar-refractivity contribution in [3.05, 3.63) is 83.9 Å². The highest BCUT2D eigenvalue weighted by atomic mass is 19.4. The van der Waals surface area contributed by atoms with Crippen LogP contribution >= 0.6 is 0 Å². The van der Waals surface area contributed by atoms with E-state index in [0.29, 0.717) is 5.69 Å². The molecule has 0 saturated heterocycles. The molecule has 0 aliphatic carbocycles. The van der Waals surface area contributed by atoms with Crippen LogP contribution in [-0.4, -0.2) is 34.9 Å². The highest BCUT2D eigenvalue weighted by Gasteiger charge is 2.33. The largest absolute Gasteiger partial charge is 0.494 e. The molecule has 3 aromatic carbocycles. The number of carbonyl (C=O) groups excluding carboxylic acids is 2. The number of carbonyl (C=O) groups is 2. The minimum Gasteiger partial charge on any atom is -0.494 e. The fourth-order valence-corrected chi connectivity index (χ4v) is 4.45. The number of amides is 2. The molecule has 43 heavy (non-hydrogen) atoms. The van der Waals surface area contributed by atoms with Crippen LogP contribution in [0.15, 0.2) is 71.1 Å². The van der Waals surface area contributed by atoms with Gasteiger partial charge in [-0.05, 0) is 54.1 Å². The number of nitrogens with zero attached hydrogens (tertiary/aromatic N) is 2. The molecule has 0 saturated carbocycles. The third-order valence-corrected chi connectivity index (χ3v) is 6.65. The van der Waals surface area contributed by atoms with Crippen LogP contribution in [0.5, 0.6) is 5.75 Å². The molecule has 0 spiro atoms. The first-order chi connectivity index (χ1) is 20.5. The molecule has 4 N–H and O–H groups in total. The monoisotopic (exact) mass is 587 g/mol. The molecule has 2 aromatic heterocycles. The number of benzene rings is 3. The van der Waals surface area contributed by atoms with Crippen molar-refractivity contribution in [3.63, 3.8) is 0 Å². The van der Waals surface area contributed by atoms with E-state index in [0.717, 1.165) is 16.8 Å². The topological polar surface area (TPSA) is 132 Å². The molecular weight excluding hydrogens is 563 g/mol. The van der Waals surface area contributed by atoms with Gasteiger partial charge in [0.15, 0.2) is 11.5 Å². The maximum Gasteiger partial charge on any atom is 0.433 e. The number of anilines is 1. The van der Waals surface area contributed by atoms with E-state index in [1.165, 1.54) is 32.2 Å². The number of hydrogen-bond donors (Lipinski definition) is 3. The van der Waals surface area contributed by atoms with Gasteiger partial charge in [-0.15, -0.1) is 6.42 Å². The Bertz CT molecular complexity index is 1910. The van der Waals surface area contributed by atoms with Crippen LogP contribution in [-0.2, 0) is 11.0 Å². The van der Waals surface area contributed by atoms with Crippen molar-refractivity contribution in [2.24, 2.45) is 5.73 Å². The maximum absolute atomic E-state index is 13.4. The molecule has 5 aromatic rings. The lowest BCUT2D eigenvalue weighted by molar-refractivity contribution is -0.141. The van der Waals surface area contributed by atoms with Gasteiger partial charge in [0, 0.05) is 16.6 Å². The van der Waals surface area contributed by atoms with Crippen LogP contribution in [0.25, 0.3) is 33.1 Å². The number of alkyl halides is 3. The lowest BCUT2D eigenvalue weighted by Crippen LogP contribution is -2.42. The van der Waals surface area contributed by atoms with Gasteiger partial charge in [0.2, 0.25) is 11.8 Å². The maximum atomic E-state index is 13.4. The SMILES string of the molecule is C#C[C@H](N)c1oc(-c2ccc(OC)c3nc(C(F)(F)F)ccc23)nc1C(=O)N[C@H](C)C(=O)Nc1ccc2ccccc2c1. The number of oxazole rings is 1. The number of terminal acetylenes is 1. The summed E-state index contributed by atoms with van der Waals surface area (Å²) in [5, 5.41) is 7.47. The van der Waals surface area contributed by atoms with Crippen LogP contribution in [0.2, 0.25) is 0 Å². The molecule has 0 unspecified atom stereocenters. The molecule has 0 fully saturated rings. The van der Waals surface area contributed by atoms with E-state index in [1.807, 2.05) is 30.3 Å². The van der Waals surface area contributed by atoms with Crippen molar-refractivity contribution < 1.29 is 31.9 Å². The summed E-state index contributed by atoms with van der Waals surface area (Å²) in [6.07, 6.45) is 0.803. The Labute approximate surface area is 243 Å². The fourth-order valence-electron chi connectivity index (χ4n) is 4.45. The van der Waals surface area contributed by atoms with Gasteiger partial charge in [0.1, 0.15) is 29.0 Å². The summed E-state index contributed by atoms with van der Waals surface area (Å²) in [5.74, 6) is 0.749. The minimum atomic E-state index is -4.69. The first-order valence-electron chi connectivity index (χ1n) is 12.9. The number of hydrogen-bond acceptors (Lipinski definition) is 7. The zero-order valence-electron chi connectivity index (χ0n) is 22.8. The van der Waals surface area contributed by atoms with Crippen LogP contribution < -0.4 is 21.1 Å². The number of rotatable bonds is 7. The Morgan fingerprint density at radius 1 is 1.05 bits per heavy atom. The second-order valence-electron chi connectivity index (χ2n) is 9.53. The van der Waals surface area contributed by atoms with Gasteiger partial charge < -0.3 is 25.5 Å². The Balaban J connectivity index is 1.44. The lowest BCUT2D eigenvalue weighted by Gasteiger charge is -2.14. The predicted molar refractivity (Wildman–Crippen MR) is 154 cm³/mol. The van der Waals surface area contributed by atoms with E-state index in [2.05, 4.69) is 26.5 Å². The number of fused-ring (bicyclic) bond motifs is 2. The predicted octanol–water partition coefficient (Wildman–Crippen LogP) is 5.46. The van der Waals surface area contributed by atoms with Crippen LogP contribution in [0.3, 0.4) is 0 Å². The quantitative estimate of drug-likeness (QED) is 0.216. The average molecular weight is 588 g/mol. The van der Waals surface area contributed by atoms with Crippen molar-refractivity contribution in [2.45, 2.75) is 25.2 Å². The molecular formula is C31H24F3N5O4. The third-order valence-electron chi connectivity index (χ3n) is 6.65. The van der Waals surface area contributed by atoms with Crippen molar-refractivity contribution in [1.82, 2.24) is 15.3 Å². The first kappa shape index (κ1) is 29.1. The van der Waals surface area contributed by atoms with Gasteiger partial charge in [0.25, 0.3) is 5.91 Å². The molecule has 9 nitrogen and oxygen atoms in total. The molecule has 0 aliphatic rings. The van der Waals surface area contributed by atoms with Crippen molar-refractivity contribution in [2.75, 3.05) is 12.4 Å². The zero-order valence-corrected chi connectivity index (χ0v) is 22.8. The molecule has 0 radical (unpaired) electrons. The number of methoxy groups -OCH3 is 1. The van der Waals surface area contributed by atoms with Crippen LogP contribution in [0.4, 0.5) is 18.9 Å². The number of aromatic nitrogens is 2. The summed E-state index contributed by atoms with van der Waals surface area (Å²) in [5.41, 5.74) is 5.26. The molecule has 0 aliphatic heterocycles. The molecule has 2 heterocycles. The van der Waals surface area contributed by atoms with E-state index in [9.17, 15) is 22.8 Å². The van der Waals surface area contributed by atoms with Gasteiger partial charge in [-0.1, -0.05) is 36.3 Å². The van der Waals surface area contributed by atoms with Crippen molar-refractivity contribution in [3.8, 4) is 29.5 Å². The van der Waals surface area contributed by atoms with Gasteiger partial charge in [-0.2, -0.15) is 13.2 Å². The summed E-state index contributed by atoms with van der Waals surface area (Å²) < 4.78 is 51.1. The normalized spacial score (nSPS) is 12.9. The smallest absolute Gasteiger partial charge is 0.433 e. The van der Waals surface area contributed by atoms with Gasteiger partial charge >= 0.3 is 6.18 Å². The van der Waals surface area contributed by atoms with Gasteiger partial charge in [0.05, 0.1) is 7.11 Å². The minimum absolute atomic E-state index is 0.0844. The van der Waals surface area contributed by atoms with Crippen molar-refractivity contribution >= 4 is 39.2 Å². The number of ether oxygens (including phenoxy) is 1. The molecule has 218 valence electrons. The van der Waals surface area contributed by atoms with E-state index < -0.39 is 35.8 Å². The Morgan fingerprint density at radius 3 is 2.49 bits per heavy atom. The van der Waals surface area contributed by atoms with Gasteiger partial charge in [-0.25, -0.2) is 9.97 Å². The first-order valence-corrected chi connectivity index (χ1v) is 12.9. The number of halogens is 3. The number of nitrogens with one attached hydrogen (secondary N) is 2. The van der Waals surface area contributed by atoms with Gasteiger partial charge in [-0.3, -0.25) is 9.59 Å². The molecule has 2 atom stereocenters. The second kappa shape index (κ2) is 11.5. The van der Waals surface area contributed by atoms with Crippen LogP contribution in [0.1, 0.15) is 34.9 Å². The summed E-state index contributed by atoms with van der Waals surface area (Å²) in [6.45, 7) is 1.48. The third kappa shape index (κ3) is 5.84. The van der Waals surface area contributed by atoms with E-state index in [4.69, 9.17) is 21.3 Å².